The normalized spacial score (nSPS) is 22.5. The van der Waals surface area contributed by atoms with E-state index >= 15 is 0 Å². The molecule has 0 aliphatic carbocycles. The van der Waals surface area contributed by atoms with Crippen molar-refractivity contribution in [2.45, 2.75) is 5.37 Å². The van der Waals surface area contributed by atoms with Gasteiger partial charge in [0.25, 0.3) is 10.0 Å². The zero-order valence-corrected chi connectivity index (χ0v) is 13.0. The smallest absolute Gasteiger partial charge is 0.312 e. The van der Waals surface area contributed by atoms with Crippen LogP contribution in [0.4, 0.5) is 5.69 Å². The average molecular weight is 364 g/mol. The zero-order valence-electron chi connectivity index (χ0n) is 10.6. The molecule has 7 nitrogen and oxygen atoms in total. The first-order valence-electron chi connectivity index (χ1n) is 5.77. The summed E-state index contributed by atoms with van der Waals surface area (Å²) in [5, 5.41) is -1.09. The van der Waals surface area contributed by atoms with Gasteiger partial charge in [-0.15, -0.1) is 0 Å². The number of anilines is 1. The molecule has 1 fully saturated rings. The molecule has 0 aromatic heterocycles. The van der Waals surface area contributed by atoms with Crippen molar-refractivity contribution in [1.29, 1.82) is 0 Å². The summed E-state index contributed by atoms with van der Waals surface area (Å²) in [5.41, 5.74) is 5.66. The number of nitrogens with one attached hydrogen (secondary N) is 3. The lowest BCUT2D eigenvalue weighted by atomic mass is 10.2. The fourth-order valence-electron chi connectivity index (χ4n) is 1.91. The number of ether oxygens (including phenoxy) is 1. The van der Waals surface area contributed by atoms with E-state index in [9.17, 15) is 13.2 Å². The van der Waals surface area contributed by atoms with E-state index in [-0.39, 0.29) is 6.54 Å². The molecule has 9 heteroatoms. The average Bonchev–Trinajstić information content (AvgIpc) is 2.87. The maximum atomic E-state index is 12.3. The number of carbonyl (C=O) groups is 1. The molecule has 2 rings (SSSR count). The van der Waals surface area contributed by atoms with E-state index in [1.807, 2.05) is 0 Å². The Morgan fingerprint density at radius 3 is 2.90 bits per heavy atom. The summed E-state index contributed by atoms with van der Waals surface area (Å²) in [6.07, 6.45) is 0. The first-order valence-corrected chi connectivity index (χ1v) is 8.11. The van der Waals surface area contributed by atoms with Crippen molar-refractivity contribution < 1.29 is 17.9 Å². The van der Waals surface area contributed by atoms with Gasteiger partial charge in [-0.3, -0.25) is 14.9 Å². The zero-order chi connectivity index (χ0) is 14.8. The second-order valence-electron chi connectivity index (χ2n) is 4.23. The number of hydrazine groups is 1. The molecule has 2 unspecified atom stereocenters. The van der Waals surface area contributed by atoms with Crippen LogP contribution in [-0.2, 0) is 19.6 Å². The van der Waals surface area contributed by atoms with E-state index in [1.165, 1.54) is 7.11 Å². The van der Waals surface area contributed by atoms with E-state index in [2.05, 4.69) is 36.2 Å². The molecule has 3 N–H and O–H groups in total. The standard InChI is InChI=1S/C11H14BrN3O4S/c1-19-11(16)9-6-13-14-10(9)20(17,18)15-8-4-2-3-7(12)5-8/h2-5,9-10,13-15H,6H2,1H3. The Morgan fingerprint density at radius 2 is 2.25 bits per heavy atom. The Balaban J connectivity index is 2.19. The second kappa shape index (κ2) is 6.08. The molecular formula is C11H14BrN3O4S. The largest absolute Gasteiger partial charge is 0.469 e. The lowest BCUT2D eigenvalue weighted by Gasteiger charge is -2.18. The van der Waals surface area contributed by atoms with Gasteiger partial charge in [0.15, 0.2) is 5.37 Å². The number of hydrogen-bond donors (Lipinski definition) is 3. The predicted octanol–water partition coefficient (Wildman–Crippen LogP) is 0.414. The van der Waals surface area contributed by atoms with Gasteiger partial charge >= 0.3 is 5.97 Å². The maximum absolute atomic E-state index is 12.3. The lowest BCUT2D eigenvalue weighted by Crippen LogP contribution is -2.44. The second-order valence-corrected chi connectivity index (χ2v) is 6.95. The van der Waals surface area contributed by atoms with Crippen molar-refractivity contribution in [3.63, 3.8) is 0 Å². The van der Waals surface area contributed by atoms with E-state index in [0.29, 0.717) is 5.69 Å². The van der Waals surface area contributed by atoms with E-state index in [4.69, 9.17) is 0 Å². The molecule has 0 bridgehead atoms. The van der Waals surface area contributed by atoms with Crippen molar-refractivity contribution in [3.05, 3.63) is 28.7 Å². The molecule has 1 aliphatic heterocycles. The Morgan fingerprint density at radius 1 is 1.50 bits per heavy atom. The first-order chi connectivity index (χ1) is 9.44. The number of hydrogen-bond acceptors (Lipinski definition) is 6. The quantitative estimate of drug-likeness (QED) is 0.670. The summed E-state index contributed by atoms with van der Waals surface area (Å²) >= 11 is 3.26. The molecule has 20 heavy (non-hydrogen) atoms. The van der Waals surface area contributed by atoms with E-state index in [1.54, 1.807) is 24.3 Å². The Kier molecular flexibility index (Phi) is 4.63. The molecule has 0 radical (unpaired) electrons. The molecule has 1 saturated heterocycles. The Bertz CT molecular complexity index is 607. The van der Waals surface area contributed by atoms with Crippen molar-refractivity contribution in [1.82, 2.24) is 10.9 Å². The highest BCUT2D eigenvalue weighted by Gasteiger charge is 2.42. The van der Waals surface area contributed by atoms with Crippen molar-refractivity contribution in [2.75, 3.05) is 18.4 Å². The summed E-state index contributed by atoms with van der Waals surface area (Å²) in [6, 6.07) is 6.75. The third-order valence-electron chi connectivity index (χ3n) is 2.85. The van der Waals surface area contributed by atoms with Crippen molar-refractivity contribution >= 4 is 37.6 Å². The minimum absolute atomic E-state index is 0.191. The minimum atomic E-state index is -3.78. The molecule has 1 aromatic carbocycles. The monoisotopic (exact) mass is 363 g/mol. The van der Waals surface area contributed by atoms with Crippen LogP contribution in [0.1, 0.15) is 0 Å². The Labute approximate surface area is 125 Å². The highest BCUT2D eigenvalue weighted by molar-refractivity contribution is 9.10. The van der Waals surface area contributed by atoms with Crippen LogP contribution in [0.2, 0.25) is 0 Å². The van der Waals surface area contributed by atoms with Crippen molar-refractivity contribution in [2.24, 2.45) is 5.92 Å². The number of halogens is 1. The number of benzene rings is 1. The molecular weight excluding hydrogens is 350 g/mol. The summed E-state index contributed by atoms with van der Waals surface area (Å²) in [7, 11) is -2.55. The highest BCUT2D eigenvalue weighted by Crippen LogP contribution is 2.21. The number of sulfonamides is 1. The van der Waals surface area contributed by atoms with E-state index < -0.39 is 27.3 Å². The fourth-order valence-corrected chi connectivity index (χ4v) is 3.77. The first kappa shape index (κ1) is 15.2. The third-order valence-corrected chi connectivity index (χ3v) is 4.98. The van der Waals surface area contributed by atoms with Gasteiger partial charge in [-0.05, 0) is 18.2 Å². The van der Waals surface area contributed by atoms with Crippen LogP contribution < -0.4 is 15.6 Å². The van der Waals surface area contributed by atoms with Gasteiger partial charge in [-0.1, -0.05) is 22.0 Å². The lowest BCUT2D eigenvalue weighted by molar-refractivity contribution is -0.144. The molecule has 0 spiro atoms. The van der Waals surface area contributed by atoms with Gasteiger partial charge in [-0.2, -0.15) is 0 Å². The molecule has 1 aromatic rings. The topological polar surface area (TPSA) is 96.5 Å². The molecule has 0 saturated carbocycles. The summed E-state index contributed by atoms with van der Waals surface area (Å²) in [4.78, 5) is 11.6. The van der Waals surface area contributed by atoms with Crippen LogP contribution in [0.25, 0.3) is 0 Å². The summed E-state index contributed by atoms with van der Waals surface area (Å²) < 4.78 is 32.4. The van der Waals surface area contributed by atoms with Gasteiger partial charge in [0, 0.05) is 16.7 Å². The fraction of sp³-hybridized carbons (Fsp3) is 0.364. The van der Waals surface area contributed by atoms with Crippen LogP contribution in [0.5, 0.6) is 0 Å². The van der Waals surface area contributed by atoms with E-state index in [0.717, 1.165) is 4.47 Å². The van der Waals surface area contributed by atoms with Crippen LogP contribution in [0.3, 0.4) is 0 Å². The minimum Gasteiger partial charge on any atom is -0.469 e. The molecule has 1 aliphatic rings. The number of methoxy groups -OCH3 is 1. The number of esters is 1. The third kappa shape index (κ3) is 3.29. The van der Waals surface area contributed by atoms with Gasteiger partial charge in [0.2, 0.25) is 0 Å². The molecule has 2 atom stereocenters. The summed E-state index contributed by atoms with van der Waals surface area (Å²) in [5.74, 6) is -1.38. The van der Waals surface area contributed by atoms with Crippen LogP contribution in [0, 0.1) is 5.92 Å². The van der Waals surface area contributed by atoms with Crippen LogP contribution in [-0.4, -0.2) is 33.4 Å². The molecule has 0 amide bonds. The van der Waals surface area contributed by atoms with Gasteiger partial charge in [-0.25, -0.2) is 13.8 Å². The molecule has 110 valence electrons. The van der Waals surface area contributed by atoms with Crippen LogP contribution >= 0.6 is 15.9 Å². The van der Waals surface area contributed by atoms with Crippen LogP contribution in [0.15, 0.2) is 28.7 Å². The highest BCUT2D eigenvalue weighted by atomic mass is 79.9. The summed E-state index contributed by atoms with van der Waals surface area (Å²) in [6.45, 7) is 0.191. The van der Waals surface area contributed by atoms with Gasteiger partial charge in [0.05, 0.1) is 7.11 Å². The van der Waals surface area contributed by atoms with Gasteiger partial charge < -0.3 is 4.74 Å². The number of carbonyl (C=O) groups excluding carboxylic acids is 1. The maximum Gasteiger partial charge on any atom is 0.312 e. The Hall–Kier alpha value is -1.16. The SMILES string of the molecule is COC(=O)C1CNNC1S(=O)(=O)Nc1cccc(Br)c1. The number of rotatable bonds is 4. The molecule has 1 heterocycles. The van der Waals surface area contributed by atoms with Gasteiger partial charge in [0.1, 0.15) is 5.92 Å². The van der Waals surface area contributed by atoms with Crippen molar-refractivity contribution in [3.8, 4) is 0 Å². The predicted molar refractivity (Wildman–Crippen MR) is 77.1 cm³/mol.